The number of carbonyl (C=O) groups excluding carboxylic acids is 1. The molecule has 4 atom stereocenters. The van der Waals surface area contributed by atoms with Crippen LogP contribution in [0.1, 0.15) is 48.8 Å². The molecule has 2 aliphatic carbocycles. The quantitative estimate of drug-likeness (QED) is 0.756. The van der Waals surface area contributed by atoms with Gasteiger partial charge in [-0.1, -0.05) is 6.42 Å². The third-order valence-electron chi connectivity index (χ3n) is 6.21. The Morgan fingerprint density at radius 3 is 2.45 bits per heavy atom. The normalized spacial score (nSPS) is 24.4. The van der Waals surface area contributed by atoms with Crippen molar-refractivity contribution in [1.29, 1.82) is 0 Å². The number of aryl methyl sites for hydroxylation is 1. The van der Waals surface area contributed by atoms with Gasteiger partial charge in [-0.3, -0.25) is 9.78 Å². The maximum atomic E-state index is 12.8. The van der Waals surface area contributed by atoms with Crippen LogP contribution in [0.15, 0.2) is 41.6 Å². The Hall–Kier alpha value is -2.32. The molecule has 1 amide bonds. The second-order valence-corrected chi connectivity index (χ2v) is 9.98. The number of benzene rings is 1. The number of aromatic nitrogens is 2. The van der Waals surface area contributed by atoms with E-state index in [2.05, 4.69) is 20.0 Å². The molecule has 0 spiro atoms. The van der Waals surface area contributed by atoms with Gasteiger partial charge in [0.2, 0.25) is 10.0 Å². The second-order valence-electron chi connectivity index (χ2n) is 8.27. The molecule has 0 unspecified atom stereocenters. The zero-order valence-corrected chi connectivity index (χ0v) is 17.4. The third kappa shape index (κ3) is 4.33. The molecule has 1 aromatic heterocycles. The first-order valence-electron chi connectivity index (χ1n) is 10.0. The van der Waals surface area contributed by atoms with E-state index in [-0.39, 0.29) is 16.6 Å². The molecular weight excluding hydrogens is 388 g/mol. The lowest BCUT2D eigenvalue weighted by molar-refractivity contribution is 0.102. The second kappa shape index (κ2) is 7.84. The summed E-state index contributed by atoms with van der Waals surface area (Å²) in [6.45, 7) is 3.76. The number of sulfonamides is 1. The highest BCUT2D eigenvalue weighted by Gasteiger charge is 2.42. The zero-order valence-electron chi connectivity index (χ0n) is 16.6. The van der Waals surface area contributed by atoms with E-state index in [1.807, 2.05) is 6.92 Å². The van der Waals surface area contributed by atoms with E-state index >= 15 is 0 Å². The molecule has 0 aliphatic heterocycles. The van der Waals surface area contributed by atoms with Crippen LogP contribution in [0.25, 0.3) is 0 Å². The van der Waals surface area contributed by atoms with Gasteiger partial charge in [0.05, 0.1) is 16.8 Å². The lowest BCUT2D eigenvalue weighted by Crippen LogP contribution is -2.40. The Labute approximate surface area is 171 Å². The average molecular weight is 415 g/mol. The first-order valence-corrected chi connectivity index (χ1v) is 11.5. The van der Waals surface area contributed by atoms with Crippen LogP contribution in [-0.4, -0.2) is 30.3 Å². The fraction of sp³-hybridized carbons (Fsp3) is 0.476. The molecule has 0 radical (unpaired) electrons. The summed E-state index contributed by atoms with van der Waals surface area (Å²) in [5.41, 5.74) is 1.43. The molecule has 154 valence electrons. The van der Waals surface area contributed by atoms with Gasteiger partial charge in [0.1, 0.15) is 5.69 Å². The minimum atomic E-state index is -3.60. The maximum absolute atomic E-state index is 12.8. The van der Waals surface area contributed by atoms with Gasteiger partial charge in [-0.05, 0) is 75.1 Å². The smallest absolute Gasteiger partial charge is 0.275 e. The molecule has 2 bridgehead atoms. The van der Waals surface area contributed by atoms with E-state index in [1.54, 1.807) is 19.1 Å². The number of nitrogens with one attached hydrogen (secondary N) is 2. The van der Waals surface area contributed by atoms with E-state index in [1.165, 1.54) is 43.8 Å². The summed E-state index contributed by atoms with van der Waals surface area (Å²) in [6, 6.07) is 6.10. The minimum Gasteiger partial charge on any atom is -0.321 e. The van der Waals surface area contributed by atoms with Crippen LogP contribution in [-0.2, 0) is 10.0 Å². The molecule has 0 saturated heterocycles. The largest absolute Gasteiger partial charge is 0.321 e. The lowest BCUT2D eigenvalue weighted by atomic mass is 9.84. The molecule has 29 heavy (non-hydrogen) atoms. The summed E-state index contributed by atoms with van der Waals surface area (Å²) < 4.78 is 28.4. The van der Waals surface area contributed by atoms with Gasteiger partial charge in [-0.25, -0.2) is 18.1 Å². The summed E-state index contributed by atoms with van der Waals surface area (Å²) in [5.74, 6) is 1.46. The van der Waals surface area contributed by atoms with E-state index in [0.717, 1.165) is 18.0 Å². The number of hydrogen-bond donors (Lipinski definition) is 2. The van der Waals surface area contributed by atoms with Crippen LogP contribution >= 0.6 is 0 Å². The highest BCUT2D eigenvalue weighted by molar-refractivity contribution is 7.89. The molecule has 2 aliphatic rings. The SMILES string of the molecule is Cc1cnc(C(=O)Nc2ccc(S(=O)(=O)N[C@H](C)[C@H]3C[C@H]4CC[C@H]3C4)cc2)cn1. The summed E-state index contributed by atoms with van der Waals surface area (Å²) in [6.07, 6.45) is 7.82. The Morgan fingerprint density at radius 2 is 1.86 bits per heavy atom. The van der Waals surface area contributed by atoms with Crippen LogP contribution in [0.5, 0.6) is 0 Å². The van der Waals surface area contributed by atoms with Crippen LogP contribution in [0.4, 0.5) is 5.69 Å². The Kier molecular flexibility index (Phi) is 5.40. The van der Waals surface area contributed by atoms with Gasteiger partial charge in [-0.15, -0.1) is 0 Å². The fourth-order valence-electron chi connectivity index (χ4n) is 4.73. The van der Waals surface area contributed by atoms with Gasteiger partial charge < -0.3 is 5.32 Å². The molecule has 2 aromatic rings. The van der Waals surface area contributed by atoms with E-state index in [9.17, 15) is 13.2 Å². The van der Waals surface area contributed by atoms with Crippen molar-refractivity contribution < 1.29 is 13.2 Å². The highest BCUT2D eigenvalue weighted by Crippen LogP contribution is 2.49. The molecule has 4 rings (SSSR count). The van der Waals surface area contributed by atoms with Crippen LogP contribution in [0.2, 0.25) is 0 Å². The number of amides is 1. The van der Waals surface area contributed by atoms with Gasteiger partial charge in [0.25, 0.3) is 5.91 Å². The fourth-order valence-corrected chi connectivity index (χ4v) is 6.02. The Balaban J connectivity index is 1.40. The molecule has 2 fully saturated rings. The molecule has 2 saturated carbocycles. The highest BCUT2D eigenvalue weighted by atomic mass is 32.2. The number of anilines is 1. The van der Waals surface area contributed by atoms with Crippen molar-refractivity contribution in [2.24, 2.45) is 17.8 Å². The number of carbonyl (C=O) groups is 1. The number of nitrogens with zero attached hydrogens (tertiary/aromatic N) is 2. The molecular formula is C21H26N4O3S. The summed E-state index contributed by atoms with van der Waals surface area (Å²) in [4.78, 5) is 20.5. The molecule has 1 aromatic carbocycles. The van der Waals surface area contributed by atoms with Crippen LogP contribution < -0.4 is 10.0 Å². The van der Waals surface area contributed by atoms with Crippen molar-refractivity contribution in [1.82, 2.24) is 14.7 Å². The number of rotatable bonds is 6. The van der Waals surface area contributed by atoms with Gasteiger partial charge in [0.15, 0.2) is 0 Å². The number of fused-ring (bicyclic) bond motifs is 2. The van der Waals surface area contributed by atoms with Crippen LogP contribution in [0, 0.1) is 24.7 Å². The molecule has 1 heterocycles. The number of hydrogen-bond acceptors (Lipinski definition) is 5. The van der Waals surface area contributed by atoms with Crippen molar-refractivity contribution in [2.75, 3.05) is 5.32 Å². The predicted octanol–water partition coefficient (Wildman–Crippen LogP) is 3.14. The van der Waals surface area contributed by atoms with E-state index in [4.69, 9.17) is 0 Å². The van der Waals surface area contributed by atoms with Gasteiger partial charge >= 0.3 is 0 Å². The monoisotopic (exact) mass is 414 g/mol. The lowest BCUT2D eigenvalue weighted by Gasteiger charge is -2.28. The Morgan fingerprint density at radius 1 is 1.10 bits per heavy atom. The summed E-state index contributed by atoms with van der Waals surface area (Å²) in [7, 11) is -3.60. The zero-order chi connectivity index (χ0) is 20.6. The van der Waals surface area contributed by atoms with E-state index in [0.29, 0.717) is 17.5 Å². The van der Waals surface area contributed by atoms with E-state index < -0.39 is 15.9 Å². The van der Waals surface area contributed by atoms with Crippen LogP contribution in [0.3, 0.4) is 0 Å². The van der Waals surface area contributed by atoms with Gasteiger partial charge in [0, 0.05) is 17.9 Å². The van der Waals surface area contributed by atoms with Crippen molar-refractivity contribution >= 4 is 21.6 Å². The maximum Gasteiger partial charge on any atom is 0.275 e. The van der Waals surface area contributed by atoms with Crippen molar-refractivity contribution in [3.63, 3.8) is 0 Å². The van der Waals surface area contributed by atoms with Crippen molar-refractivity contribution in [2.45, 2.75) is 50.5 Å². The minimum absolute atomic E-state index is 0.0743. The summed E-state index contributed by atoms with van der Waals surface area (Å²) in [5, 5.41) is 2.70. The van der Waals surface area contributed by atoms with Crippen molar-refractivity contribution in [3.8, 4) is 0 Å². The Bertz CT molecular complexity index is 990. The summed E-state index contributed by atoms with van der Waals surface area (Å²) >= 11 is 0. The predicted molar refractivity (Wildman–Crippen MR) is 110 cm³/mol. The first-order chi connectivity index (χ1) is 13.8. The average Bonchev–Trinajstić information content (AvgIpc) is 3.32. The topological polar surface area (TPSA) is 101 Å². The molecule has 7 nitrogen and oxygen atoms in total. The first kappa shape index (κ1) is 20.0. The molecule has 2 N–H and O–H groups in total. The van der Waals surface area contributed by atoms with Crippen molar-refractivity contribution in [3.05, 3.63) is 48.0 Å². The van der Waals surface area contributed by atoms with Gasteiger partial charge in [-0.2, -0.15) is 0 Å². The molecule has 8 heteroatoms. The third-order valence-corrected chi connectivity index (χ3v) is 7.79. The standard InChI is InChI=1S/C21H26N4O3S/c1-13-11-23-20(12-22-13)21(26)24-17-5-7-18(8-6-17)29(27,28)25-14(2)19-10-15-3-4-16(19)9-15/h5-8,11-12,14-16,19,25H,3-4,9-10H2,1-2H3,(H,24,26)/t14-,15+,16+,19-/m1/s1.